The highest BCUT2D eigenvalue weighted by atomic mass is 32.5. The van der Waals surface area contributed by atoms with Crippen LogP contribution in [0.3, 0.4) is 0 Å². The summed E-state index contributed by atoms with van der Waals surface area (Å²) in [5, 5.41) is 2.47. The Morgan fingerprint density at radius 1 is 1.12 bits per heavy atom. The SMILES string of the molecule is CC(C)C(=O)Nc1nc2c(ncn2[C@@H]2O[C@H](COCS)[C@@H](OP(O)(=S)OC[C@H]3O[C@@H](n4cnc5c(N)ncnc54)[C@H](F)[C@@H]3OP=O)[C@H]2F)c(=O)[nH]1. The zero-order valence-electron chi connectivity index (χ0n) is 26.4. The van der Waals surface area contributed by atoms with Gasteiger partial charge in [0.25, 0.3) is 5.56 Å². The Balaban J connectivity index is 1.20. The van der Waals surface area contributed by atoms with E-state index in [2.05, 4.69) is 47.8 Å². The lowest BCUT2D eigenvalue weighted by molar-refractivity contribution is -0.118. The minimum Gasteiger partial charge on any atom is -0.382 e. The maximum absolute atomic E-state index is 16.3. The van der Waals surface area contributed by atoms with Crippen LogP contribution in [0.15, 0.2) is 23.8 Å². The van der Waals surface area contributed by atoms with Crippen LogP contribution in [0.4, 0.5) is 20.5 Å². The molecular weight excluding hydrogens is 764 g/mol. The van der Waals surface area contributed by atoms with Gasteiger partial charge in [0.05, 0.1) is 31.8 Å². The van der Waals surface area contributed by atoms with Crippen molar-refractivity contribution in [2.75, 3.05) is 30.2 Å². The number of rotatable bonds is 14. The van der Waals surface area contributed by atoms with Gasteiger partial charge in [-0.2, -0.15) is 17.6 Å². The Bertz CT molecular complexity index is 2030. The molecule has 2 aliphatic rings. The van der Waals surface area contributed by atoms with Crippen LogP contribution in [-0.2, 0) is 48.9 Å². The number of carbonyl (C=O) groups excluding carboxylic acids is 1. The second-order valence-corrected chi connectivity index (χ2v) is 14.9. The van der Waals surface area contributed by atoms with Gasteiger partial charge in [0, 0.05) is 5.92 Å². The van der Waals surface area contributed by atoms with Crippen LogP contribution in [0.25, 0.3) is 22.3 Å². The number of ether oxygens (including phenoxy) is 3. The van der Waals surface area contributed by atoms with E-state index in [9.17, 15) is 19.0 Å². The molecule has 0 spiro atoms. The van der Waals surface area contributed by atoms with Gasteiger partial charge < -0.3 is 29.4 Å². The van der Waals surface area contributed by atoms with Crippen LogP contribution in [-0.4, -0.2) is 106 Å². The van der Waals surface area contributed by atoms with Crippen LogP contribution < -0.4 is 16.6 Å². The number of amides is 1. The number of alkyl halides is 2. The molecule has 26 heteroatoms. The second kappa shape index (κ2) is 15.4. The van der Waals surface area contributed by atoms with Crippen molar-refractivity contribution < 1.29 is 50.8 Å². The van der Waals surface area contributed by atoms with E-state index < -0.39 is 88.6 Å². The summed E-state index contributed by atoms with van der Waals surface area (Å²) in [6, 6.07) is 0. The molecule has 0 radical (unpaired) electrons. The first-order valence-corrected chi connectivity index (χ1v) is 18.9. The van der Waals surface area contributed by atoms with Crippen LogP contribution >= 0.6 is 28.0 Å². The molecular formula is C25H30F2N10O10P2S2. The highest BCUT2D eigenvalue weighted by molar-refractivity contribution is 8.07. The van der Waals surface area contributed by atoms with Crippen LogP contribution in [0.5, 0.6) is 0 Å². The van der Waals surface area contributed by atoms with E-state index in [1.54, 1.807) is 13.8 Å². The molecule has 4 aromatic heterocycles. The number of hydrogen-bond acceptors (Lipinski definition) is 17. The third-order valence-corrected chi connectivity index (χ3v) is 9.93. The van der Waals surface area contributed by atoms with Crippen molar-refractivity contribution in [2.45, 2.75) is 63.1 Å². The molecule has 51 heavy (non-hydrogen) atoms. The number of imidazole rings is 2. The van der Waals surface area contributed by atoms with E-state index in [1.807, 2.05) is 0 Å². The van der Waals surface area contributed by atoms with Gasteiger partial charge in [-0.05, 0) is 11.8 Å². The van der Waals surface area contributed by atoms with Gasteiger partial charge in [-0.1, -0.05) is 13.8 Å². The molecule has 0 saturated carbocycles. The summed E-state index contributed by atoms with van der Waals surface area (Å²) in [6.07, 6.45) is -9.12. The van der Waals surface area contributed by atoms with E-state index in [-0.39, 0.29) is 46.6 Å². The van der Waals surface area contributed by atoms with Gasteiger partial charge in [0.1, 0.15) is 36.3 Å². The van der Waals surface area contributed by atoms with Crippen molar-refractivity contribution in [3.63, 3.8) is 0 Å². The normalized spacial score (nSPS) is 27.9. The monoisotopic (exact) mass is 794 g/mol. The molecule has 0 aromatic carbocycles. The lowest BCUT2D eigenvalue weighted by Crippen LogP contribution is -2.35. The van der Waals surface area contributed by atoms with E-state index in [0.29, 0.717) is 0 Å². The topological polar surface area (TPSA) is 255 Å². The van der Waals surface area contributed by atoms with Gasteiger partial charge >= 0.3 is 15.4 Å². The van der Waals surface area contributed by atoms with Crippen molar-refractivity contribution in [3.05, 3.63) is 29.3 Å². The summed E-state index contributed by atoms with van der Waals surface area (Å²) in [5.74, 6) is -1.11. The molecule has 4 aromatic rings. The van der Waals surface area contributed by atoms with Crippen molar-refractivity contribution in [1.82, 2.24) is 39.0 Å². The second-order valence-electron chi connectivity index (χ2n) is 11.5. The molecule has 6 heterocycles. The predicted molar refractivity (Wildman–Crippen MR) is 179 cm³/mol. The number of carbonyl (C=O) groups is 1. The van der Waals surface area contributed by atoms with E-state index in [1.165, 1.54) is 10.9 Å². The smallest absolute Gasteiger partial charge is 0.327 e. The van der Waals surface area contributed by atoms with Crippen molar-refractivity contribution in [3.8, 4) is 0 Å². The lowest BCUT2D eigenvalue weighted by Gasteiger charge is -2.26. The number of nitrogens with two attached hydrogens (primary N) is 1. The first kappa shape index (κ1) is 37.6. The third kappa shape index (κ3) is 7.67. The summed E-state index contributed by atoms with van der Waals surface area (Å²) in [4.78, 5) is 58.6. The summed E-state index contributed by atoms with van der Waals surface area (Å²) in [6.45, 7) is -2.03. The fraction of sp³-hybridized carbons (Fsp3) is 0.560. The Morgan fingerprint density at radius 2 is 1.76 bits per heavy atom. The third-order valence-electron chi connectivity index (χ3n) is 7.86. The maximum Gasteiger partial charge on any atom is 0.327 e. The molecule has 9 atom stereocenters. The maximum atomic E-state index is 16.3. The van der Waals surface area contributed by atoms with Gasteiger partial charge in [-0.15, -0.1) is 0 Å². The van der Waals surface area contributed by atoms with E-state index >= 15 is 8.78 Å². The Labute approximate surface area is 297 Å². The predicted octanol–water partition coefficient (Wildman–Crippen LogP) is 1.72. The molecule has 2 fully saturated rings. The minimum absolute atomic E-state index is 0.0458. The molecule has 1 unspecified atom stereocenters. The molecule has 1 amide bonds. The highest BCUT2D eigenvalue weighted by Gasteiger charge is 2.51. The van der Waals surface area contributed by atoms with Crippen LogP contribution in [0.1, 0.15) is 26.3 Å². The Kier molecular flexibility index (Phi) is 11.4. The summed E-state index contributed by atoms with van der Waals surface area (Å²) < 4.78 is 78.8. The number of aromatic nitrogens is 8. The molecule has 20 nitrogen and oxygen atoms in total. The molecule has 5 N–H and O–H groups in total. The number of anilines is 2. The first-order chi connectivity index (χ1) is 24.3. The lowest BCUT2D eigenvalue weighted by atomic mass is 10.1. The number of thiol groups is 1. The van der Waals surface area contributed by atoms with Gasteiger partial charge in [-0.3, -0.25) is 38.1 Å². The molecule has 2 saturated heterocycles. The largest absolute Gasteiger partial charge is 0.382 e. The summed E-state index contributed by atoms with van der Waals surface area (Å²) in [7, 11) is -0.875. The number of nitrogens with zero attached hydrogens (tertiary/aromatic N) is 7. The molecule has 6 rings (SSSR count). The Hall–Kier alpha value is -3.15. The molecule has 0 aliphatic carbocycles. The number of fused-ring (bicyclic) bond motifs is 2. The van der Waals surface area contributed by atoms with E-state index in [4.69, 9.17) is 45.3 Å². The fourth-order valence-corrected chi connectivity index (χ4v) is 7.31. The molecule has 2 aliphatic heterocycles. The number of aromatic amines is 1. The summed E-state index contributed by atoms with van der Waals surface area (Å²) >= 11 is 9.19. The number of H-pyrrole nitrogens is 1. The Morgan fingerprint density at radius 3 is 2.43 bits per heavy atom. The summed E-state index contributed by atoms with van der Waals surface area (Å²) in [5.41, 5.74) is 5.15. The van der Waals surface area contributed by atoms with Crippen molar-refractivity contribution >= 4 is 79.8 Å². The zero-order valence-corrected chi connectivity index (χ0v) is 29.9. The number of nitrogen functional groups attached to an aromatic ring is 1. The fourth-order valence-electron chi connectivity index (χ4n) is 5.42. The zero-order chi connectivity index (χ0) is 36.6. The van der Waals surface area contributed by atoms with Gasteiger partial charge in [-0.25, -0.2) is 33.3 Å². The highest BCUT2D eigenvalue weighted by Crippen LogP contribution is 2.50. The average Bonchev–Trinajstić information content (AvgIpc) is 3.85. The van der Waals surface area contributed by atoms with Gasteiger partial charge in [0.15, 0.2) is 47.4 Å². The van der Waals surface area contributed by atoms with E-state index in [0.717, 1.165) is 17.2 Å². The van der Waals surface area contributed by atoms with Crippen LogP contribution in [0.2, 0.25) is 0 Å². The van der Waals surface area contributed by atoms with Gasteiger partial charge in [0.2, 0.25) is 11.9 Å². The minimum atomic E-state index is -4.38. The number of hydrogen-bond donors (Lipinski definition) is 5. The quantitative estimate of drug-likeness (QED) is 0.0692. The molecule has 276 valence electrons. The number of nitrogens with one attached hydrogen (secondary N) is 2. The first-order valence-electron chi connectivity index (χ1n) is 15.0. The van der Waals surface area contributed by atoms with Crippen LogP contribution in [0, 0.1) is 5.92 Å². The molecule has 0 bridgehead atoms. The number of halogens is 2. The van der Waals surface area contributed by atoms with Crippen molar-refractivity contribution in [2.24, 2.45) is 5.92 Å². The van der Waals surface area contributed by atoms with Crippen molar-refractivity contribution in [1.29, 1.82) is 0 Å². The average molecular weight is 795 g/mol. The standard InChI is InChI=1S/C25H30F2N10O10P2S2/c1-9(2)21(38)34-25-33-20-15(22(39)35-25)32-7-37(20)24-13(27)17(10(44-24)3-42-8-50)47-49(41,51)43-4-11-16(46-48-40)12(26)23(45-11)36-6-31-14-18(28)29-5-30-19(14)36/h5-7,9-13,16-17,23-24,50H,3-4,8H2,1-2H3,(H,41,51)(H2,28,29,30)(H2,33,34,35,38,39)/t10-,11-,12-,13-,16-,17-,23-,24-,49?/m1/s1.